The molecule has 0 atom stereocenters. The van der Waals surface area contributed by atoms with Gasteiger partial charge in [-0.3, -0.25) is 0 Å². The number of hydrogen-bond donors (Lipinski definition) is 1. The summed E-state index contributed by atoms with van der Waals surface area (Å²) in [6.07, 6.45) is -2.82. The molecular formula is C7H7F2IN2O2S. The van der Waals surface area contributed by atoms with Crippen LogP contribution in [0.15, 0.2) is 11.0 Å². The second kappa shape index (κ2) is 4.26. The van der Waals surface area contributed by atoms with Gasteiger partial charge in [0.05, 0.1) is 4.90 Å². The molecule has 0 aromatic carbocycles. The van der Waals surface area contributed by atoms with E-state index in [2.05, 4.69) is 4.98 Å². The number of hydrogen-bond acceptors (Lipinski definition) is 3. The van der Waals surface area contributed by atoms with Crippen LogP contribution in [0.3, 0.4) is 0 Å². The number of primary sulfonamides is 1. The first-order valence-corrected chi connectivity index (χ1v) is 6.34. The summed E-state index contributed by atoms with van der Waals surface area (Å²) in [5.74, 6) is 0. The van der Waals surface area contributed by atoms with E-state index in [1.54, 1.807) is 22.6 Å². The number of rotatable bonds is 2. The van der Waals surface area contributed by atoms with Gasteiger partial charge in [-0.15, -0.1) is 0 Å². The maximum Gasteiger partial charge on any atom is 0.280 e. The molecule has 0 aliphatic carbocycles. The monoisotopic (exact) mass is 348 g/mol. The molecule has 0 unspecified atom stereocenters. The zero-order valence-electron chi connectivity index (χ0n) is 7.54. The highest BCUT2D eigenvalue weighted by atomic mass is 127. The lowest BCUT2D eigenvalue weighted by atomic mass is 10.2. The molecule has 0 spiro atoms. The Morgan fingerprint density at radius 1 is 1.53 bits per heavy atom. The van der Waals surface area contributed by atoms with Crippen molar-refractivity contribution in [3.8, 4) is 0 Å². The second-order valence-electron chi connectivity index (χ2n) is 2.80. The maximum atomic E-state index is 12.5. The molecule has 0 aliphatic heterocycles. The molecule has 1 heterocycles. The van der Waals surface area contributed by atoms with E-state index in [0.29, 0.717) is 0 Å². The normalized spacial score (nSPS) is 12.1. The van der Waals surface area contributed by atoms with Crippen LogP contribution < -0.4 is 5.14 Å². The summed E-state index contributed by atoms with van der Waals surface area (Å²) in [6.45, 7) is 1.25. The van der Waals surface area contributed by atoms with Crippen LogP contribution >= 0.6 is 22.6 Å². The average Bonchev–Trinajstić information content (AvgIpc) is 2.06. The van der Waals surface area contributed by atoms with E-state index in [1.165, 1.54) is 6.92 Å². The van der Waals surface area contributed by atoms with E-state index in [-0.39, 0.29) is 14.2 Å². The summed E-state index contributed by atoms with van der Waals surface area (Å²) in [5, 5.41) is 4.89. The fourth-order valence-corrected chi connectivity index (χ4v) is 2.67. The highest BCUT2D eigenvalue weighted by molar-refractivity contribution is 14.1. The highest BCUT2D eigenvalue weighted by Gasteiger charge is 2.21. The number of alkyl halides is 2. The number of nitrogens with zero attached hydrogens (tertiary/aromatic N) is 1. The largest absolute Gasteiger partial charge is 0.280 e. The molecule has 84 valence electrons. The van der Waals surface area contributed by atoms with Crippen molar-refractivity contribution < 1.29 is 17.2 Å². The fraction of sp³-hybridized carbons (Fsp3) is 0.286. The van der Waals surface area contributed by atoms with Crippen LogP contribution in [0.2, 0.25) is 0 Å². The Morgan fingerprint density at radius 3 is 2.47 bits per heavy atom. The third-order valence-electron chi connectivity index (χ3n) is 1.74. The molecule has 2 N–H and O–H groups in total. The Hall–Kier alpha value is -0.350. The summed E-state index contributed by atoms with van der Waals surface area (Å²) in [4.78, 5) is 3.25. The predicted molar refractivity (Wildman–Crippen MR) is 58.0 cm³/mol. The number of pyridine rings is 1. The van der Waals surface area contributed by atoms with Crippen molar-refractivity contribution in [2.75, 3.05) is 0 Å². The first-order chi connectivity index (χ1) is 6.73. The van der Waals surface area contributed by atoms with Crippen molar-refractivity contribution in [3.63, 3.8) is 0 Å². The van der Waals surface area contributed by atoms with Crippen LogP contribution in [0.1, 0.15) is 17.7 Å². The summed E-state index contributed by atoms with van der Waals surface area (Å²) < 4.78 is 47.3. The van der Waals surface area contributed by atoms with Crippen LogP contribution in [0.25, 0.3) is 0 Å². The third kappa shape index (κ3) is 2.82. The number of nitrogens with two attached hydrogens (primary N) is 1. The van der Waals surface area contributed by atoms with Crippen molar-refractivity contribution in [1.82, 2.24) is 4.98 Å². The van der Waals surface area contributed by atoms with E-state index in [1.807, 2.05) is 0 Å². The molecule has 0 fully saturated rings. The summed E-state index contributed by atoms with van der Waals surface area (Å²) in [5.41, 5.74) is -0.654. The van der Waals surface area contributed by atoms with Crippen molar-refractivity contribution in [1.29, 1.82) is 0 Å². The van der Waals surface area contributed by atoms with Crippen molar-refractivity contribution >= 4 is 32.6 Å². The standard InChI is InChI=1S/C7H7F2IN2O2S/c1-3-4(15(11,13)14)2-5(10)12-6(3)7(8)9/h2,7H,1H3,(H2,11,13,14). The molecule has 0 radical (unpaired) electrons. The molecule has 1 rings (SSSR count). The van der Waals surface area contributed by atoms with Gasteiger partial charge in [-0.2, -0.15) is 0 Å². The Morgan fingerprint density at radius 2 is 2.07 bits per heavy atom. The molecule has 4 nitrogen and oxygen atoms in total. The van der Waals surface area contributed by atoms with Gasteiger partial charge in [-0.1, -0.05) is 0 Å². The Kier molecular flexibility index (Phi) is 3.61. The second-order valence-corrected chi connectivity index (χ2v) is 5.43. The first-order valence-electron chi connectivity index (χ1n) is 3.71. The maximum absolute atomic E-state index is 12.5. The molecule has 0 saturated heterocycles. The quantitative estimate of drug-likeness (QED) is 0.652. The van der Waals surface area contributed by atoms with Gasteiger partial charge < -0.3 is 0 Å². The van der Waals surface area contributed by atoms with E-state index in [9.17, 15) is 17.2 Å². The lowest BCUT2D eigenvalue weighted by Gasteiger charge is -2.08. The van der Waals surface area contributed by atoms with Crippen LogP contribution in [0.5, 0.6) is 0 Å². The van der Waals surface area contributed by atoms with E-state index in [0.717, 1.165) is 6.07 Å². The van der Waals surface area contributed by atoms with Crippen LogP contribution in [-0.4, -0.2) is 13.4 Å². The molecular weight excluding hydrogens is 341 g/mol. The van der Waals surface area contributed by atoms with Gasteiger partial charge in [0.1, 0.15) is 9.39 Å². The zero-order valence-corrected chi connectivity index (χ0v) is 10.5. The van der Waals surface area contributed by atoms with Gasteiger partial charge in [-0.25, -0.2) is 27.3 Å². The van der Waals surface area contributed by atoms with E-state index >= 15 is 0 Å². The smallest absolute Gasteiger partial charge is 0.241 e. The number of halogens is 3. The zero-order chi connectivity index (χ0) is 11.8. The van der Waals surface area contributed by atoms with Gasteiger partial charge in [0.2, 0.25) is 10.0 Å². The lowest BCUT2D eigenvalue weighted by molar-refractivity contribution is 0.144. The average molecular weight is 348 g/mol. The highest BCUT2D eigenvalue weighted by Crippen LogP contribution is 2.26. The van der Waals surface area contributed by atoms with E-state index < -0.39 is 22.1 Å². The van der Waals surface area contributed by atoms with Crippen LogP contribution in [-0.2, 0) is 10.0 Å². The first kappa shape index (κ1) is 12.7. The van der Waals surface area contributed by atoms with Crippen molar-refractivity contribution in [3.05, 3.63) is 21.0 Å². The third-order valence-corrected chi connectivity index (χ3v) is 3.33. The molecule has 0 bridgehead atoms. The summed E-state index contributed by atoms with van der Waals surface area (Å²) in [7, 11) is -3.99. The minimum atomic E-state index is -3.99. The Balaban J connectivity index is 3.56. The van der Waals surface area contributed by atoms with Gasteiger partial charge in [0.15, 0.2) is 0 Å². The van der Waals surface area contributed by atoms with Gasteiger partial charge in [-0.05, 0) is 41.1 Å². The van der Waals surface area contributed by atoms with Crippen LogP contribution in [0.4, 0.5) is 8.78 Å². The SMILES string of the molecule is Cc1c(S(N)(=O)=O)cc(I)nc1C(F)F. The minimum absolute atomic E-state index is 0.104. The molecule has 15 heavy (non-hydrogen) atoms. The molecule has 1 aromatic heterocycles. The van der Waals surface area contributed by atoms with Gasteiger partial charge in [0, 0.05) is 0 Å². The predicted octanol–water partition coefficient (Wildman–Crippen LogP) is 1.58. The van der Waals surface area contributed by atoms with E-state index in [4.69, 9.17) is 5.14 Å². The van der Waals surface area contributed by atoms with Crippen molar-refractivity contribution in [2.24, 2.45) is 5.14 Å². The number of sulfonamides is 1. The topological polar surface area (TPSA) is 73.1 Å². The Bertz CT molecular complexity index is 490. The molecule has 0 amide bonds. The van der Waals surface area contributed by atoms with Gasteiger partial charge in [0.25, 0.3) is 6.43 Å². The molecule has 1 aromatic rings. The van der Waals surface area contributed by atoms with Crippen molar-refractivity contribution in [2.45, 2.75) is 18.2 Å². The van der Waals surface area contributed by atoms with Gasteiger partial charge >= 0.3 is 0 Å². The Labute approximate surface area is 99.1 Å². The fourth-order valence-electron chi connectivity index (χ4n) is 1.08. The molecule has 8 heteroatoms. The van der Waals surface area contributed by atoms with Crippen LogP contribution in [0, 0.1) is 10.6 Å². The minimum Gasteiger partial charge on any atom is -0.241 e. The molecule has 0 saturated carbocycles. The summed E-state index contributed by atoms with van der Waals surface area (Å²) >= 11 is 1.66. The molecule has 0 aliphatic rings. The lowest BCUT2D eigenvalue weighted by Crippen LogP contribution is -2.16. The number of aromatic nitrogens is 1. The summed E-state index contributed by atoms with van der Waals surface area (Å²) in [6, 6.07) is 1.16.